The van der Waals surface area contributed by atoms with E-state index in [0.717, 1.165) is 39.8 Å². The first-order valence-corrected chi connectivity index (χ1v) is 12.0. The maximum atomic E-state index is 3.56. The zero-order valence-electron chi connectivity index (χ0n) is 20.1. The van der Waals surface area contributed by atoms with Gasteiger partial charge >= 0.3 is 0 Å². The number of hydrogen-bond acceptors (Lipinski definition) is 6. The highest BCUT2D eigenvalue weighted by Gasteiger charge is 2.38. The second-order valence-corrected chi connectivity index (χ2v) is 10.9. The monoisotopic (exact) mass is 418 g/mol. The van der Waals surface area contributed by atoms with Gasteiger partial charge in [-0.15, -0.1) is 0 Å². The summed E-state index contributed by atoms with van der Waals surface area (Å²) < 4.78 is 0. The molecule has 6 nitrogen and oxygen atoms in total. The van der Waals surface area contributed by atoms with Gasteiger partial charge in [-0.3, -0.25) is 20.4 Å². The lowest BCUT2D eigenvalue weighted by Crippen LogP contribution is -2.60. The van der Waals surface area contributed by atoms with E-state index in [4.69, 9.17) is 0 Å². The topological polar surface area (TPSA) is 45.8 Å². The standard InChI is InChI=1S/C24H46N6/c1-22(2,28-15-7-6-8-16-28)10-12-24(5,30-20-26-18-27-21-30)13-11-23(3,4)29-17-9-14-25-19-29/h6-8,15,25-27H,9-14,16-21H2,1-5H3. The van der Waals surface area contributed by atoms with Gasteiger partial charge < -0.3 is 10.2 Å². The molecule has 3 aliphatic heterocycles. The summed E-state index contributed by atoms with van der Waals surface area (Å²) in [7, 11) is 0. The van der Waals surface area contributed by atoms with Crippen LogP contribution in [0.5, 0.6) is 0 Å². The van der Waals surface area contributed by atoms with Crippen LogP contribution in [0.25, 0.3) is 0 Å². The fourth-order valence-electron chi connectivity index (χ4n) is 4.92. The van der Waals surface area contributed by atoms with Gasteiger partial charge in [-0.25, -0.2) is 0 Å². The maximum absolute atomic E-state index is 3.56. The van der Waals surface area contributed by atoms with Crippen molar-refractivity contribution in [3.05, 3.63) is 24.4 Å². The van der Waals surface area contributed by atoms with Crippen molar-refractivity contribution in [1.29, 1.82) is 0 Å². The predicted molar refractivity (Wildman–Crippen MR) is 127 cm³/mol. The first-order valence-electron chi connectivity index (χ1n) is 12.0. The Hall–Kier alpha value is -0.920. The summed E-state index contributed by atoms with van der Waals surface area (Å²) in [4.78, 5) is 7.75. The van der Waals surface area contributed by atoms with Crippen molar-refractivity contribution in [1.82, 2.24) is 30.7 Å². The van der Waals surface area contributed by atoms with Gasteiger partial charge in [0.25, 0.3) is 0 Å². The van der Waals surface area contributed by atoms with Crippen molar-refractivity contribution in [3.8, 4) is 0 Å². The first-order chi connectivity index (χ1) is 14.2. The Morgan fingerprint density at radius 1 is 0.767 bits per heavy atom. The van der Waals surface area contributed by atoms with E-state index in [0.29, 0.717) is 0 Å². The minimum absolute atomic E-state index is 0.158. The largest absolute Gasteiger partial charge is 0.369 e. The van der Waals surface area contributed by atoms with Crippen LogP contribution >= 0.6 is 0 Å². The number of allylic oxidation sites excluding steroid dienone is 2. The molecule has 3 aliphatic rings. The van der Waals surface area contributed by atoms with Crippen molar-refractivity contribution in [2.24, 2.45) is 0 Å². The average molecular weight is 419 g/mol. The van der Waals surface area contributed by atoms with E-state index >= 15 is 0 Å². The molecule has 0 aromatic rings. The van der Waals surface area contributed by atoms with Crippen molar-refractivity contribution < 1.29 is 0 Å². The summed E-state index contributed by atoms with van der Waals surface area (Å²) in [6.45, 7) is 19.4. The number of hydrogen-bond donors (Lipinski definition) is 3. The number of rotatable bonds is 9. The Morgan fingerprint density at radius 2 is 1.43 bits per heavy atom. The zero-order chi connectivity index (χ0) is 21.7. The molecule has 6 heteroatoms. The van der Waals surface area contributed by atoms with E-state index in [2.05, 4.69) is 89.7 Å². The van der Waals surface area contributed by atoms with Gasteiger partial charge in [-0.05, 0) is 85.5 Å². The highest BCUT2D eigenvalue weighted by Crippen LogP contribution is 2.35. The van der Waals surface area contributed by atoms with Crippen LogP contribution in [-0.4, -0.2) is 77.6 Å². The molecule has 3 rings (SSSR count). The summed E-state index contributed by atoms with van der Waals surface area (Å²) in [5.74, 6) is 0. The van der Waals surface area contributed by atoms with Crippen molar-refractivity contribution >= 4 is 0 Å². The van der Waals surface area contributed by atoms with Crippen LogP contribution in [0.4, 0.5) is 0 Å². The van der Waals surface area contributed by atoms with Crippen LogP contribution in [0.2, 0.25) is 0 Å². The number of nitrogens with one attached hydrogen (secondary N) is 3. The third-order valence-corrected chi connectivity index (χ3v) is 7.70. The maximum Gasteiger partial charge on any atom is 0.0507 e. The SMILES string of the molecule is CC(C)(CCC(C)(CCC(C)(C)N1CCCNC1)N1CNCNC1)N1C=CC=CC1. The van der Waals surface area contributed by atoms with Crippen molar-refractivity contribution in [2.75, 3.05) is 46.3 Å². The van der Waals surface area contributed by atoms with Crippen molar-refractivity contribution in [3.63, 3.8) is 0 Å². The minimum Gasteiger partial charge on any atom is -0.369 e. The molecule has 3 N–H and O–H groups in total. The smallest absolute Gasteiger partial charge is 0.0507 e. The molecule has 30 heavy (non-hydrogen) atoms. The van der Waals surface area contributed by atoms with Crippen LogP contribution < -0.4 is 16.0 Å². The van der Waals surface area contributed by atoms with Crippen LogP contribution in [0, 0.1) is 0 Å². The highest BCUT2D eigenvalue weighted by molar-refractivity contribution is 5.11. The molecular weight excluding hydrogens is 372 g/mol. The second kappa shape index (κ2) is 10.1. The Bertz CT molecular complexity index is 587. The molecule has 0 aromatic heterocycles. The summed E-state index contributed by atoms with van der Waals surface area (Å²) in [6, 6.07) is 0. The van der Waals surface area contributed by atoms with E-state index in [1.54, 1.807) is 0 Å². The predicted octanol–water partition coefficient (Wildman–Crippen LogP) is 2.87. The molecule has 0 saturated carbocycles. The van der Waals surface area contributed by atoms with Gasteiger partial charge in [0, 0.05) is 43.0 Å². The molecule has 0 radical (unpaired) electrons. The molecule has 0 aliphatic carbocycles. The van der Waals surface area contributed by atoms with E-state index in [-0.39, 0.29) is 16.6 Å². The fourth-order valence-corrected chi connectivity index (χ4v) is 4.92. The van der Waals surface area contributed by atoms with Gasteiger partial charge in [0.15, 0.2) is 0 Å². The Morgan fingerprint density at radius 3 is 2.03 bits per heavy atom. The van der Waals surface area contributed by atoms with Crippen LogP contribution in [0.3, 0.4) is 0 Å². The third-order valence-electron chi connectivity index (χ3n) is 7.70. The number of nitrogens with zero attached hydrogens (tertiary/aromatic N) is 3. The molecular formula is C24H46N6. The fraction of sp³-hybridized carbons (Fsp3) is 0.833. The van der Waals surface area contributed by atoms with Crippen LogP contribution in [0.1, 0.15) is 66.7 Å². The Labute approximate surface area is 185 Å². The minimum atomic E-state index is 0.158. The Kier molecular flexibility index (Phi) is 8.02. The molecule has 3 heterocycles. The molecule has 2 fully saturated rings. The molecule has 0 spiro atoms. The summed E-state index contributed by atoms with van der Waals surface area (Å²) in [5.41, 5.74) is 0.556. The molecule has 2 saturated heterocycles. The highest BCUT2D eigenvalue weighted by atomic mass is 15.4. The molecule has 0 aromatic carbocycles. The van der Waals surface area contributed by atoms with E-state index < -0.39 is 0 Å². The molecule has 1 unspecified atom stereocenters. The molecule has 1 atom stereocenters. The van der Waals surface area contributed by atoms with Gasteiger partial charge in [0.1, 0.15) is 0 Å². The second-order valence-electron chi connectivity index (χ2n) is 10.9. The van der Waals surface area contributed by atoms with E-state index in [9.17, 15) is 0 Å². The van der Waals surface area contributed by atoms with Gasteiger partial charge in [0.2, 0.25) is 0 Å². The summed E-state index contributed by atoms with van der Waals surface area (Å²) >= 11 is 0. The zero-order valence-corrected chi connectivity index (χ0v) is 20.1. The molecule has 0 amide bonds. The van der Waals surface area contributed by atoms with Gasteiger partial charge in [0.05, 0.1) is 13.3 Å². The lowest BCUT2D eigenvalue weighted by Gasteiger charge is -2.49. The summed E-state index contributed by atoms with van der Waals surface area (Å²) in [5, 5.41) is 10.6. The van der Waals surface area contributed by atoms with E-state index in [1.807, 2.05) is 0 Å². The van der Waals surface area contributed by atoms with Gasteiger partial charge in [-0.1, -0.05) is 12.2 Å². The lowest BCUT2D eigenvalue weighted by atomic mass is 9.80. The normalized spacial score (nSPS) is 24.2. The van der Waals surface area contributed by atoms with Gasteiger partial charge in [-0.2, -0.15) is 0 Å². The quantitative estimate of drug-likeness (QED) is 0.535. The van der Waals surface area contributed by atoms with Crippen LogP contribution in [0.15, 0.2) is 24.4 Å². The third kappa shape index (κ3) is 6.07. The average Bonchev–Trinajstić information content (AvgIpc) is 2.78. The molecule has 0 bridgehead atoms. The molecule has 172 valence electrons. The lowest BCUT2D eigenvalue weighted by molar-refractivity contribution is 0.0117. The Balaban J connectivity index is 1.65. The van der Waals surface area contributed by atoms with Crippen molar-refractivity contribution in [2.45, 2.75) is 83.3 Å². The van der Waals surface area contributed by atoms with E-state index in [1.165, 1.54) is 38.6 Å². The first kappa shape index (κ1) is 23.7. The van der Waals surface area contributed by atoms with Crippen LogP contribution in [-0.2, 0) is 0 Å². The summed E-state index contributed by atoms with van der Waals surface area (Å²) in [6.07, 6.45) is 14.9.